The van der Waals surface area contributed by atoms with Gasteiger partial charge < -0.3 is 5.11 Å². The van der Waals surface area contributed by atoms with Crippen LogP contribution in [0.2, 0.25) is 0 Å². The number of ketones is 1. The summed E-state index contributed by atoms with van der Waals surface area (Å²) in [7, 11) is 0. The van der Waals surface area contributed by atoms with E-state index in [-0.39, 0.29) is 5.78 Å². The van der Waals surface area contributed by atoms with Gasteiger partial charge in [0.15, 0.2) is 5.78 Å². The van der Waals surface area contributed by atoms with E-state index in [1.165, 1.54) is 37.7 Å². The summed E-state index contributed by atoms with van der Waals surface area (Å²) in [6.07, 6.45) is 6.91. The van der Waals surface area contributed by atoms with Crippen molar-refractivity contribution in [3.8, 4) is 0 Å². The summed E-state index contributed by atoms with van der Waals surface area (Å²) >= 11 is 0. The normalized spacial score (nSPS) is 26.4. The van der Waals surface area contributed by atoms with E-state index in [0.29, 0.717) is 29.9 Å². The molecule has 0 radical (unpaired) electrons. The third-order valence-corrected chi connectivity index (χ3v) is 5.34. The lowest BCUT2D eigenvalue weighted by Crippen LogP contribution is -2.38. The maximum atomic E-state index is 12.2. The number of hydrogen-bond acceptors (Lipinski definition) is 2. The zero-order valence-electron chi connectivity index (χ0n) is 12.5. The number of carboxylic acids is 1. The van der Waals surface area contributed by atoms with E-state index in [1.54, 1.807) is 6.92 Å². The van der Waals surface area contributed by atoms with E-state index in [0.717, 1.165) is 0 Å². The number of carbonyl (C=O) groups excluding carboxylic acids is 1. The Kier molecular flexibility index (Phi) is 3.60. The van der Waals surface area contributed by atoms with Crippen LogP contribution in [0, 0.1) is 0 Å². The topological polar surface area (TPSA) is 54.4 Å². The Morgan fingerprint density at radius 2 is 1.95 bits per heavy atom. The van der Waals surface area contributed by atoms with Crippen molar-refractivity contribution >= 4 is 11.8 Å². The third-order valence-electron chi connectivity index (χ3n) is 5.34. The van der Waals surface area contributed by atoms with Crippen molar-refractivity contribution in [3.63, 3.8) is 0 Å². The molecule has 0 bridgehead atoms. The van der Waals surface area contributed by atoms with Gasteiger partial charge in [-0.15, -0.1) is 0 Å². The molecule has 0 amide bonds. The highest BCUT2D eigenvalue weighted by atomic mass is 16.4. The van der Waals surface area contributed by atoms with E-state index in [2.05, 4.69) is 6.07 Å². The SMILES string of the molecule is CC1(C(=O)O)CCC(=O)c2cc(C3CCCCC3)ccc21. The van der Waals surface area contributed by atoms with Crippen molar-refractivity contribution in [1.29, 1.82) is 0 Å². The average molecular weight is 286 g/mol. The third kappa shape index (κ3) is 2.39. The highest BCUT2D eigenvalue weighted by molar-refractivity contribution is 6.02. The molecule has 1 unspecified atom stereocenters. The second kappa shape index (κ2) is 5.28. The standard InChI is InChI=1S/C18H22O3/c1-18(17(20)21)10-9-16(19)14-11-13(7-8-15(14)18)12-5-3-2-4-6-12/h7-8,11-12H,2-6,9-10H2,1H3,(H,20,21). The molecule has 3 heteroatoms. The van der Waals surface area contributed by atoms with Gasteiger partial charge in [-0.1, -0.05) is 31.4 Å². The molecule has 0 saturated heterocycles. The van der Waals surface area contributed by atoms with E-state index in [9.17, 15) is 14.7 Å². The molecule has 0 spiro atoms. The molecule has 0 aromatic heterocycles. The predicted molar refractivity (Wildman–Crippen MR) is 80.8 cm³/mol. The number of carbonyl (C=O) groups is 2. The first-order valence-corrected chi connectivity index (χ1v) is 7.93. The molecule has 1 fully saturated rings. The van der Waals surface area contributed by atoms with Crippen LogP contribution in [0.4, 0.5) is 0 Å². The monoisotopic (exact) mass is 286 g/mol. The average Bonchev–Trinajstić information content (AvgIpc) is 2.51. The van der Waals surface area contributed by atoms with Gasteiger partial charge in [-0.25, -0.2) is 0 Å². The fourth-order valence-electron chi connectivity index (χ4n) is 3.82. The minimum Gasteiger partial charge on any atom is -0.481 e. The Balaban J connectivity index is 2.02. The molecular formula is C18H22O3. The zero-order chi connectivity index (χ0) is 15.0. The van der Waals surface area contributed by atoms with Crippen molar-refractivity contribution in [2.75, 3.05) is 0 Å². The van der Waals surface area contributed by atoms with Gasteiger partial charge in [0.2, 0.25) is 0 Å². The highest BCUT2D eigenvalue weighted by Crippen LogP contribution is 2.40. The molecule has 0 heterocycles. The van der Waals surface area contributed by atoms with Crippen molar-refractivity contribution in [2.24, 2.45) is 0 Å². The lowest BCUT2D eigenvalue weighted by atomic mass is 9.70. The molecule has 112 valence electrons. The van der Waals surface area contributed by atoms with Crippen molar-refractivity contribution in [3.05, 3.63) is 34.9 Å². The molecule has 0 aliphatic heterocycles. The summed E-state index contributed by atoms with van der Waals surface area (Å²) < 4.78 is 0. The molecule has 3 nitrogen and oxygen atoms in total. The van der Waals surface area contributed by atoms with Gasteiger partial charge >= 0.3 is 5.97 Å². The summed E-state index contributed by atoms with van der Waals surface area (Å²) in [6.45, 7) is 1.74. The summed E-state index contributed by atoms with van der Waals surface area (Å²) in [5.74, 6) is -0.196. The summed E-state index contributed by atoms with van der Waals surface area (Å²) in [5.41, 5.74) is 1.64. The minimum absolute atomic E-state index is 0.0985. The van der Waals surface area contributed by atoms with Crippen LogP contribution in [0.1, 0.15) is 79.3 Å². The highest BCUT2D eigenvalue weighted by Gasteiger charge is 2.41. The first kappa shape index (κ1) is 14.3. The Hall–Kier alpha value is -1.64. The second-order valence-corrected chi connectivity index (χ2v) is 6.70. The van der Waals surface area contributed by atoms with Crippen LogP contribution in [0.25, 0.3) is 0 Å². The molecular weight excluding hydrogens is 264 g/mol. The smallest absolute Gasteiger partial charge is 0.313 e. The molecule has 1 aromatic rings. The minimum atomic E-state index is -0.922. The van der Waals surface area contributed by atoms with Crippen molar-refractivity contribution in [1.82, 2.24) is 0 Å². The van der Waals surface area contributed by atoms with Gasteiger partial charge in [0, 0.05) is 12.0 Å². The fraction of sp³-hybridized carbons (Fsp3) is 0.556. The second-order valence-electron chi connectivity index (χ2n) is 6.70. The van der Waals surface area contributed by atoms with Gasteiger partial charge in [0.25, 0.3) is 0 Å². The quantitative estimate of drug-likeness (QED) is 0.892. The maximum Gasteiger partial charge on any atom is 0.313 e. The summed E-state index contributed by atoms with van der Waals surface area (Å²) in [6, 6.07) is 5.92. The van der Waals surface area contributed by atoms with Crippen LogP contribution in [-0.2, 0) is 10.2 Å². The van der Waals surface area contributed by atoms with Gasteiger partial charge in [-0.2, -0.15) is 0 Å². The molecule has 3 rings (SSSR count). The number of aliphatic carboxylic acids is 1. The Morgan fingerprint density at radius 3 is 2.62 bits per heavy atom. The molecule has 21 heavy (non-hydrogen) atoms. The van der Waals surface area contributed by atoms with E-state index in [4.69, 9.17) is 0 Å². The van der Waals surface area contributed by atoms with Gasteiger partial charge in [-0.3, -0.25) is 9.59 Å². The number of fused-ring (bicyclic) bond motifs is 1. The van der Waals surface area contributed by atoms with Crippen LogP contribution < -0.4 is 0 Å². The number of Topliss-reactive ketones (excluding diaryl/α,β-unsaturated/α-hetero) is 1. The lowest BCUT2D eigenvalue weighted by molar-refractivity contribution is -0.143. The van der Waals surface area contributed by atoms with Gasteiger partial charge in [0.1, 0.15) is 0 Å². The number of benzene rings is 1. The van der Waals surface area contributed by atoms with Crippen LogP contribution in [0.3, 0.4) is 0 Å². The van der Waals surface area contributed by atoms with E-state index in [1.807, 2.05) is 12.1 Å². The molecule has 1 aromatic carbocycles. The first-order valence-electron chi connectivity index (χ1n) is 7.93. The summed E-state index contributed by atoms with van der Waals surface area (Å²) in [5, 5.41) is 9.54. The van der Waals surface area contributed by atoms with Crippen molar-refractivity contribution in [2.45, 2.75) is 63.2 Å². The van der Waals surface area contributed by atoms with Crippen molar-refractivity contribution < 1.29 is 14.7 Å². The Morgan fingerprint density at radius 1 is 1.24 bits per heavy atom. The number of carboxylic acid groups (broad SMARTS) is 1. The van der Waals surface area contributed by atoms with E-state index >= 15 is 0 Å². The van der Waals surface area contributed by atoms with Crippen LogP contribution in [0.5, 0.6) is 0 Å². The first-order chi connectivity index (χ1) is 10.0. The van der Waals surface area contributed by atoms with Crippen LogP contribution in [0.15, 0.2) is 18.2 Å². The largest absolute Gasteiger partial charge is 0.481 e. The predicted octanol–water partition coefficient (Wildman–Crippen LogP) is 4.05. The summed E-state index contributed by atoms with van der Waals surface area (Å²) in [4.78, 5) is 23.9. The molecule has 2 aliphatic carbocycles. The lowest BCUT2D eigenvalue weighted by Gasteiger charge is -2.32. The molecule has 2 aliphatic rings. The molecule has 1 saturated carbocycles. The molecule has 1 N–H and O–H groups in total. The number of rotatable bonds is 2. The van der Waals surface area contributed by atoms with Gasteiger partial charge in [-0.05, 0) is 49.3 Å². The maximum absolute atomic E-state index is 12.2. The fourth-order valence-corrected chi connectivity index (χ4v) is 3.82. The Labute approximate surface area is 125 Å². The Bertz CT molecular complexity index is 584. The van der Waals surface area contributed by atoms with Gasteiger partial charge in [0.05, 0.1) is 5.41 Å². The van der Waals surface area contributed by atoms with Crippen LogP contribution >= 0.6 is 0 Å². The number of hydrogen-bond donors (Lipinski definition) is 1. The van der Waals surface area contributed by atoms with E-state index < -0.39 is 11.4 Å². The molecule has 1 atom stereocenters. The zero-order valence-corrected chi connectivity index (χ0v) is 12.5. The van der Waals surface area contributed by atoms with Crippen LogP contribution in [-0.4, -0.2) is 16.9 Å².